The molecule has 1 N–H and O–H groups in total. The molecule has 0 spiro atoms. The molecule has 9 heteroatoms. The fourth-order valence-corrected chi connectivity index (χ4v) is 3.83. The minimum atomic E-state index is -3.82. The smallest absolute Gasteiger partial charge is 0.244 e. The molecule has 3 rings (SSSR count). The molecule has 0 radical (unpaired) electrons. The molecule has 0 aliphatic carbocycles. The SMILES string of the molecule is COc1ccc(OC)c(S(=O)(=O)NCc2cc(-c3ccncc3)n(C)n2)c1. The number of nitrogens with one attached hydrogen (secondary N) is 1. The van der Waals surface area contributed by atoms with Crippen molar-refractivity contribution in [2.24, 2.45) is 7.05 Å². The lowest BCUT2D eigenvalue weighted by atomic mass is 10.2. The van der Waals surface area contributed by atoms with E-state index < -0.39 is 10.0 Å². The second-order valence-corrected chi connectivity index (χ2v) is 7.46. The summed E-state index contributed by atoms with van der Waals surface area (Å²) in [6.07, 6.45) is 3.39. The molecular formula is C18H20N4O4S. The Morgan fingerprint density at radius 1 is 1.07 bits per heavy atom. The summed E-state index contributed by atoms with van der Waals surface area (Å²) in [5.74, 6) is 0.663. The fourth-order valence-electron chi connectivity index (χ4n) is 2.65. The quantitative estimate of drug-likeness (QED) is 0.665. The number of pyridine rings is 1. The van der Waals surface area contributed by atoms with Gasteiger partial charge in [0.25, 0.3) is 0 Å². The lowest BCUT2D eigenvalue weighted by Gasteiger charge is -2.11. The monoisotopic (exact) mass is 388 g/mol. The van der Waals surface area contributed by atoms with E-state index in [1.54, 1.807) is 36.3 Å². The highest BCUT2D eigenvalue weighted by Crippen LogP contribution is 2.28. The van der Waals surface area contributed by atoms with Crippen LogP contribution in [0.3, 0.4) is 0 Å². The number of nitrogens with zero attached hydrogens (tertiary/aromatic N) is 3. The number of ether oxygens (including phenoxy) is 2. The largest absolute Gasteiger partial charge is 0.497 e. The summed E-state index contributed by atoms with van der Waals surface area (Å²) in [6, 6.07) is 10.2. The van der Waals surface area contributed by atoms with Gasteiger partial charge in [-0.15, -0.1) is 0 Å². The fraction of sp³-hybridized carbons (Fsp3) is 0.222. The minimum Gasteiger partial charge on any atom is -0.497 e. The van der Waals surface area contributed by atoms with Gasteiger partial charge in [0.05, 0.1) is 32.2 Å². The number of aromatic nitrogens is 3. The zero-order chi connectivity index (χ0) is 19.4. The van der Waals surface area contributed by atoms with Crippen LogP contribution in [0.5, 0.6) is 11.5 Å². The normalized spacial score (nSPS) is 11.4. The maximum absolute atomic E-state index is 12.7. The van der Waals surface area contributed by atoms with Crippen LogP contribution in [0.25, 0.3) is 11.3 Å². The summed E-state index contributed by atoms with van der Waals surface area (Å²) in [4.78, 5) is 4.01. The highest BCUT2D eigenvalue weighted by Gasteiger charge is 2.21. The van der Waals surface area contributed by atoms with E-state index in [0.29, 0.717) is 11.4 Å². The summed E-state index contributed by atoms with van der Waals surface area (Å²) in [5.41, 5.74) is 2.41. The van der Waals surface area contributed by atoms with Gasteiger partial charge in [0.1, 0.15) is 16.4 Å². The lowest BCUT2D eigenvalue weighted by Crippen LogP contribution is -2.24. The molecule has 2 heterocycles. The molecule has 0 atom stereocenters. The molecule has 0 aliphatic rings. The van der Waals surface area contributed by atoms with Gasteiger partial charge >= 0.3 is 0 Å². The lowest BCUT2D eigenvalue weighted by molar-refractivity contribution is 0.392. The number of hydrogen-bond donors (Lipinski definition) is 1. The molecule has 0 saturated carbocycles. The van der Waals surface area contributed by atoms with Crippen molar-refractivity contribution >= 4 is 10.0 Å². The molecule has 27 heavy (non-hydrogen) atoms. The third-order valence-corrected chi connectivity index (χ3v) is 5.43. The first-order chi connectivity index (χ1) is 12.9. The molecule has 0 aliphatic heterocycles. The van der Waals surface area contributed by atoms with E-state index in [1.807, 2.05) is 18.2 Å². The Kier molecular flexibility index (Phi) is 5.43. The van der Waals surface area contributed by atoms with E-state index in [1.165, 1.54) is 20.3 Å². The minimum absolute atomic E-state index is 0.00892. The zero-order valence-corrected chi connectivity index (χ0v) is 16.0. The molecule has 2 aromatic heterocycles. The van der Waals surface area contributed by atoms with Gasteiger partial charge in [-0.1, -0.05) is 0 Å². The topological polar surface area (TPSA) is 95.3 Å². The van der Waals surface area contributed by atoms with E-state index in [2.05, 4.69) is 14.8 Å². The van der Waals surface area contributed by atoms with Crippen LogP contribution in [0, 0.1) is 0 Å². The number of aryl methyl sites for hydroxylation is 1. The van der Waals surface area contributed by atoms with Crippen molar-refractivity contribution < 1.29 is 17.9 Å². The molecule has 142 valence electrons. The van der Waals surface area contributed by atoms with Crippen molar-refractivity contribution in [1.29, 1.82) is 0 Å². The number of methoxy groups -OCH3 is 2. The van der Waals surface area contributed by atoms with Crippen molar-refractivity contribution in [3.05, 3.63) is 54.5 Å². The summed E-state index contributed by atoms with van der Waals surface area (Å²) >= 11 is 0. The third kappa shape index (κ3) is 4.09. The predicted octanol–water partition coefficient (Wildman–Crippen LogP) is 1.98. The van der Waals surface area contributed by atoms with Crippen LogP contribution >= 0.6 is 0 Å². The number of rotatable bonds is 7. The first-order valence-electron chi connectivity index (χ1n) is 8.09. The molecule has 0 unspecified atom stereocenters. The van der Waals surface area contributed by atoms with Gasteiger partial charge in [0.2, 0.25) is 10.0 Å². The standard InChI is InChI=1S/C18H20N4O4S/c1-22-16(13-6-8-19-9-7-13)10-14(21-22)12-20-27(23,24)18-11-15(25-2)4-5-17(18)26-3/h4-11,20H,12H2,1-3H3. The maximum atomic E-state index is 12.7. The van der Waals surface area contributed by atoms with E-state index in [0.717, 1.165) is 11.3 Å². The van der Waals surface area contributed by atoms with Gasteiger partial charge in [0.15, 0.2) is 0 Å². The highest BCUT2D eigenvalue weighted by atomic mass is 32.2. The van der Waals surface area contributed by atoms with Gasteiger partial charge in [-0.25, -0.2) is 13.1 Å². The van der Waals surface area contributed by atoms with Gasteiger partial charge in [0, 0.05) is 31.1 Å². The molecular weight excluding hydrogens is 368 g/mol. The Bertz CT molecular complexity index is 1030. The van der Waals surface area contributed by atoms with Gasteiger partial charge in [-0.2, -0.15) is 5.10 Å². The van der Waals surface area contributed by atoms with Crippen molar-refractivity contribution in [3.63, 3.8) is 0 Å². The summed E-state index contributed by atoms with van der Waals surface area (Å²) in [7, 11) is 0.878. The molecule has 0 amide bonds. The zero-order valence-electron chi connectivity index (χ0n) is 15.2. The molecule has 0 saturated heterocycles. The van der Waals surface area contributed by atoms with Crippen LogP contribution in [0.2, 0.25) is 0 Å². The summed E-state index contributed by atoms with van der Waals surface area (Å²) in [5, 5.41) is 4.37. The number of hydrogen-bond acceptors (Lipinski definition) is 6. The average molecular weight is 388 g/mol. The Morgan fingerprint density at radius 3 is 2.48 bits per heavy atom. The van der Waals surface area contributed by atoms with Crippen LogP contribution in [0.1, 0.15) is 5.69 Å². The predicted molar refractivity (Wildman–Crippen MR) is 100 cm³/mol. The molecule has 0 bridgehead atoms. The van der Waals surface area contributed by atoms with Crippen molar-refractivity contribution in [1.82, 2.24) is 19.5 Å². The van der Waals surface area contributed by atoms with Crippen molar-refractivity contribution in [2.45, 2.75) is 11.4 Å². The second-order valence-electron chi connectivity index (χ2n) is 5.72. The summed E-state index contributed by atoms with van der Waals surface area (Å²) < 4.78 is 40.0. The van der Waals surface area contributed by atoms with Crippen LogP contribution in [0.4, 0.5) is 0 Å². The van der Waals surface area contributed by atoms with Gasteiger partial charge in [-0.05, 0) is 30.3 Å². The second kappa shape index (κ2) is 7.77. The Balaban J connectivity index is 1.83. The molecule has 1 aromatic carbocycles. The molecule has 8 nitrogen and oxygen atoms in total. The number of sulfonamides is 1. The van der Waals surface area contributed by atoms with E-state index in [9.17, 15) is 8.42 Å². The van der Waals surface area contributed by atoms with Crippen LogP contribution in [-0.2, 0) is 23.6 Å². The van der Waals surface area contributed by atoms with Crippen molar-refractivity contribution in [2.75, 3.05) is 14.2 Å². The molecule has 0 fully saturated rings. The Hall–Kier alpha value is -2.91. The third-order valence-electron chi connectivity index (χ3n) is 4.01. The first-order valence-corrected chi connectivity index (χ1v) is 9.58. The van der Waals surface area contributed by atoms with Crippen LogP contribution in [0.15, 0.2) is 53.7 Å². The van der Waals surface area contributed by atoms with Crippen LogP contribution in [-0.4, -0.2) is 37.4 Å². The average Bonchev–Trinajstić information content (AvgIpc) is 3.07. The highest BCUT2D eigenvalue weighted by molar-refractivity contribution is 7.89. The Morgan fingerprint density at radius 2 is 1.81 bits per heavy atom. The van der Waals surface area contributed by atoms with Crippen molar-refractivity contribution in [3.8, 4) is 22.8 Å². The maximum Gasteiger partial charge on any atom is 0.244 e. The van der Waals surface area contributed by atoms with E-state index in [-0.39, 0.29) is 17.2 Å². The van der Waals surface area contributed by atoms with Crippen LogP contribution < -0.4 is 14.2 Å². The summed E-state index contributed by atoms with van der Waals surface area (Å²) in [6.45, 7) is 0.0433. The number of benzene rings is 1. The van der Waals surface area contributed by atoms with Gasteiger partial charge < -0.3 is 9.47 Å². The van der Waals surface area contributed by atoms with E-state index in [4.69, 9.17) is 9.47 Å². The Labute approximate surface area is 157 Å². The first kappa shape index (κ1) is 18.9. The van der Waals surface area contributed by atoms with E-state index >= 15 is 0 Å². The molecule has 3 aromatic rings. The van der Waals surface area contributed by atoms with Gasteiger partial charge in [-0.3, -0.25) is 9.67 Å².